The van der Waals surface area contributed by atoms with E-state index in [0.29, 0.717) is 11.5 Å². The van der Waals surface area contributed by atoms with Crippen molar-refractivity contribution in [3.8, 4) is 0 Å². The van der Waals surface area contributed by atoms with Gasteiger partial charge in [0.2, 0.25) is 0 Å². The van der Waals surface area contributed by atoms with Crippen LogP contribution in [0.5, 0.6) is 0 Å². The number of hydrogen-bond acceptors (Lipinski definition) is 3. The first-order valence-electron chi connectivity index (χ1n) is 4.63. The maximum Gasteiger partial charge on any atom is 0.282 e. The van der Waals surface area contributed by atoms with Crippen LogP contribution >= 0.6 is 0 Å². The molecule has 2 rings (SSSR count). The van der Waals surface area contributed by atoms with Gasteiger partial charge in [0.25, 0.3) is 5.92 Å². The monoisotopic (exact) mass is 212 g/mol. The van der Waals surface area contributed by atoms with Gasteiger partial charge in [-0.2, -0.15) is 0 Å². The summed E-state index contributed by atoms with van der Waals surface area (Å²) in [5, 5.41) is 0. The smallest absolute Gasteiger partial charge is 0.282 e. The van der Waals surface area contributed by atoms with Crippen LogP contribution in [0, 0.1) is 0 Å². The van der Waals surface area contributed by atoms with E-state index in [2.05, 4.69) is 4.98 Å². The summed E-state index contributed by atoms with van der Waals surface area (Å²) in [6.07, 6.45) is 0.967. The molecule has 1 fully saturated rings. The summed E-state index contributed by atoms with van der Waals surface area (Å²) in [5.74, 6) is -2.08. The highest BCUT2D eigenvalue weighted by molar-refractivity contribution is 5.54. The van der Waals surface area contributed by atoms with Gasteiger partial charge in [-0.05, 0) is 12.1 Å². The molecule has 1 aromatic heterocycles. The average molecular weight is 212 g/mol. The van der Waals surface area contributed by atoms with Gasteiger partial charge in [0.1, 0.15) is 12.1 Å². The lowest BCUT2D eigenvalue weighted by Gasteiger charge is -2.39. The molecule has 3 nitrogen and oxygen atoms in total. The Bertz CT molecular complexity index is 373. The third-order valence-electron chi connectivity index (χ3n) is 2.25. The van der Waals surface area contributed by atoms with Crippen LogP contribution in [0.15, 0.2) is 18.2 Å². The van der Waals surface area contributed by atoms with Crippen molar-refractivity contribution in [2.75, 3.05) is 18.0 Å². The number of alkyl halides is 2. The Labute approximate surface area is 85.7 Å². The van der Waals surface area contributed by atoms with Crippen LogP contribution in [0.4, 0.5) is 14.6 Å². The average Bonchev–Trinajstić information content (AvgIpc) is 2.15. The van der Waals surface area contributed by atoms with Gasteiger partial charge in [0, 0.05) is 12.1 Å². The quantitative estimate of drug-likeness (QED) is 0.707. The van der Waals surface area contributed by atoms with Gasteiger partial charge < -0.3 is 9.69 Å². The molecule has 0 unspecified atom stereocenters. The van der Waals surface area contributed by atoms with E-state index >= 15 is 0 Å². The minimum absolute atomic E-state index is 0.220. The number of nitrogens with zero attached hydrogens (tertiary/aromatic N) is 2. The number of halogens is 2. The third kappa shape index (κ3) is 2.11. The molecule has 15 heavy (non-hydrogen) atoms. The van der Waals surface area contributed by atoms with E-state index in [9.17, 15) is 13.6 Å². The molecule has 0 spiro atoms. The Morgan fingerprint density at radius 3 is 2.80 bits per heavy atom. The molecule has 80 valence electrons. The zero-order chi connectivity index (χ0) is 10.9. The van der Waals surface area contributed by atoms with Crippen LogP contribution in [0.2, 0.25) is 0 Å². The number of aromatic nitrogens is 1. The van der Waals surface area contributed by atoms with Gasteiger partial charge in [-0.1, -0.05) is 6.07 Å². The lowest BCUT2D eigenvalue weighted by molar-refractivity contribution is -0.107. The van der Waals surface area contributed by atoms with Crippen molar-refractivity contribution in [2.45, 2.75) is 12.3 Å². The summed E-state index contributed by atoms with van der Waals surface area (Å²) in [6.45, 7) is -0.574. The van der Waals surface area contributed by atoms with Crippen LogP contribution in [0.25, 0.3) is 0 Å². The number of pyridine rings is 1. The molecule has 2 heterocycles. The van der Waals surface area contributed by atoms with Crippen molar-refractivity contribution >= 4 is 12.1 Å². The predicted molar refractivity (Wildman–Crippen MR) is 51.2 cm³/mol. The van der Waals surface area contributed by atoms with E-state index in [0.717, 1.165) is 6.29 Å². The Balaban J connectivity index is 2.09. The number of carbonyl (C=O) groups excluding carboxylic acids is 1. The fraction of sp³-hybridized carbons (Fsp3) is 0.400. The van der Waals surface area contributed by atoms with Crippen LogP contribution in [0.1, 0.15) is 5.69 Å². The van der Waals surface area contributed by atoms with E-state index < -0.39 is 5.92 Å². The van der Waals surface area contributed by atoms with E-state index in [4.69, 9.17) is 0 Å². The molecule has 1 aliphatic heterocycles. The molecule has 0 aliphatic carbocycles. The second kappa shape index (κ2) is 3.56. The fourth-order valence-corrected chi connectivity index (χ4v) is 1.52. The second-order valence-corrected chi connectivity index (χ2v) is 3.57. The summed E-state index contributed by atoms with van der Waals surface area (Å²) >= 11 is 0. The molecule has 1 aromatic rings. The van der Waals surface area contributed by atoms with Gasteiger partial charge in [-0.3, -0.25) is 0 Å². The minimum atomic E-state index is -2.59. The van der Waals surface area contributed by atoms with Gasteiger partial charge in [-0.25, -0.2) is 13.8 Å². The molecule has 0 atom stereocenters. The zero-order valence-electron chi connectivity index (χ0n) is 7.99. The SMILES string of the molecule is O=CCc1cccc(N2CC(F)(F)C2)n1. The predicted octanol–water partition coefficient (Wildman–Crippen LogP) is 1.28. The summed E-state index contributed by atoms with van der Waals surface area (Å²) in [5.41, 5.74) is 0.609. The zero-order valence-corrected chi connectivity index (χ0v) is 7.99. The molecule has 5 heteroatoms. The molecule has 0 amide bonds. The van der Waals surface area contributed by atoms with E-state index in [1.165, 1.54) is 4.90 Å². The Kier molecular flexibility index (Phi) is 2.38. The van der Waals surface area contributed by atoms with Crippen LogP contribution in [-0.2, 0) is 11.2 Å². The van der Waals surface area contributed by atoms with Gasteiger partial charge in [0.05, 0.1) is 13.1 Å². The van der Waals surface area contributed by atoms with Crippen molar-refractivity contribution < 1.29 is 13.6 Å². The van der Waals surface area contributed by atoms with Gasteiger partial charge in [-0.15, -0.1) is 0 Å². The Morgan fingerprint density at radius 1 is 1.47 bits per heavy atom. The van der Waals surface area contributed by atoms with Crippen LogP contribution in [-0.4, -0.2) is 30.3 Å². The molecule has 1 aliphatic rings. The second-order valence-electron chi connectivity index (χ2n) is 3.57. The van der Waals surface area contributed by atoms with Crippen molar-refractivity contribution in [1.82, 2.24) is 4.98 Å². The van der Waals surface area contributed by atoms with Crippen LogP contribution < -0.4 is 4.90 Å². The Hall–Kier alpha value is -1.52. The first kappa shape index (κ1) is 10.0. The minimum Gasteiger partial charge on any atom is -0.344 e. The van der Waals surface area contributed by atoms with E-state index in [1.54, 1.807) is 18.2 Å². The number of anilines is 1. The van der Waals surface area contributed by atoms with Crippen molar-refractivity contribution in [3.05, 3.63) is 23.9 Å². The van der Waals surface area contributed by atoms with Gasteiger partial charge >= 0.3 is 0 Å². The molecule has 0 aromatic carbocycles. The van der Waals surface area contributed by atoms with Crippen molar-refractivity contribution in [3.63, 3.8) is 0 Å². The van der Waals surface area contributed by atoms with Crippen LogP contribution in [0.3, 0.4) is 0 Å². The first-order valence-corrected chi connectivity index (χ1v) is 4.63. The summed E-state index contributed by atoms with van der Waals surface area (Å²) < 4.78 is 25.2. The number of aldehydes is 1. The molecular weight excluding hydrogens is 202 g/mol. The standard InChI is InChI=1S/C10H10F2N2O/c11-10(12)6-14(7-10)9-3-1-2-8(13-9)4-5-15/h1-3,5H,4,6-7H2. The molecule has 1 saturated heterocycles. The summed E-state index contributed by atoms with van der Waals surface area (Å²) in [7, 11) is 0. The number of carbonyl (C=O) groups is 1. The fourth-order valence-electron chi connectivity index (χ4n) is 1.52. The molecule has 0 saturated carbocycles. The Morgan fingerprint density at radius 2 is 2.20 bits per heavy atom. The largest absolute Gasteiger partial charge is 0.344 e. The number of rotatable bonds is 3. The van der Waals surface area contributed by atoms with Crippen molar-refractivity contribution in [2.24, 2.45) is 0 Å². The lowest BCUT2D eigenvalue weighted by Crippen LogP contribution is -2.56. The first-order chi connectivity index (χ1) is 7.11. The molecule has 0 radical (unpaired) electrons. The topological polar surface area (TPSA) is 33.2 Å². The summed E-state index contributed by atoms with van der Waals surface area (Å²) in [4.78, 5) is 15.9. The summed E-state index contributed by atoms with van der Waals surface area (Å²) in [6, 6.07) is 5.09. The van der Waals surface area contributed by atoms with E-state index in [-0.39, 0.29) is 19.5 Å². The highest BCUT2D eigenvalue weighted by Crippen LogP contribution is 2.30. The molecule has 0 N–H and O–H groups in total. The maximum absolute atomic E-state index is 12.6. The third-order valence-corrected chi connectivity index (χ3v) is 2.25. The maximum atomic E-state index is 12.6. The highest BCUT2D eigenvalue weighted by Gasteiger charge is 2.44. The highest BCUT2D eigenvalue weighted by atomic mass is 19.3. The number of hydrogen-bond donors (Lipinski definition) is 0. The normalized spacial score (nSPS) is 18.4. The van der Waals surface area contributed by atoms with E-state index in [1.807, 2.05) is 0 Å². The molecule has 0 bridgehead atoms. The molecular formula is C10H10F2N2O. The van der Waals surface area contributed by atoms with Crippen molar-refractivity contribution in [1.29, 1.82) is 0 Å². The van der Waals surface area contributed by atoms with Gasteiger partial charge in [0.15, 0.2) is 0 Å². The lowest BCUT2D eigenvalue weighted by atomic mass is 10.1.